The molecule has 2 atom stereocenters. The number of amides is 1. The quantitative estimate of drug-likeness (QED) is 0.887. The number of hydrogen-bond acceptors (Lipinski definition) is 2. The first kappa shape index (κ1) is 15.5. The molecule has 1 amide bonds. The van der Waals surface area contributed by atoms with E-state index in [0.717, 1.165) is 12.1 Å². The number of nitrogens with one attached hydrogen (secondary N) is 1. The molecule has 1 rings (SSSR count). The van der Waals surface area contributed by atoms with Crippen LogP contribution in [0.2, 0.25) is 0 Å². The van der Waals surface area contributed by atoms with Gasteiger partial charge < -0.3 is 10.4 Å². The van der Waals surface area contributed by atoms with Crippen molar-refractivity contribution in [1.29, 1.82) is 0 Å². The maximum atomic E-state index is 12.5. The highest BCUT2D eigenvalue weighted by atomic mass is 19.4. The van der Waals surface area contributed by atoms with Crippen LogP contribution in [0, 0.1) is 0 Å². The van der Waals surface area contributed by atoms with Gasteiger partial charge in [0.05, 0.1) is 11.7 Å². The highest BCUT2D eigenvalue weighted by molar-refractivity contribution is 5.94. The summed E-state index contributed by atoms with van der Waals surface area (Å²) in [5.74, 6) is -0.584. The topological polar surface area (TPSA) is 49.3 Å². The highest BCUT2D eigenvalue weighted by Crippen LogP contribution is 2.29. The fourth-order valence-corrected chi connectivity index (χ4v) is 1.71. The van der Waals surface area contributed by atoms with Crippen molar-refractivity contribution < 1.29 is 23.1 Å². The van der Waals surface area contributed by atoms with Crippen LogP contribution in [-0.2, 0) is 6.18 Å². The summed E-state index contributed by atoms with van der Waals surface area (Å²) in [6, 6.07) is 3.92. The molecule has 0 aliphatic heterocycles. The molecule has 106 valence electrons. The second-order valence-electron chi connectivity index (χ2n) is 4.54. The SMILES string of the molecule is CC(O)CC(C)NC(=O)c1cccc(C(F)(F)F)c1. The summed E-state index contributed by atoms with van der Waals surface area (Å²) in [5, 5.41) is 11.7. The van der Waals surface area contributed by atoms with E-state index >= 15 is 0 Å². The van der Waals surface area contributed by atoms with Crippen molar-refractivity contribution in [1.82, 2.24) is 5.32 Å². The number of hydrogen-bond donors (Lipinski definition) is 2. The number of carbonyl (C=O) groups is 1. The Morgan fingerprint density at radius 3 is 2.53 bits per heavy atom. The van der Waals surface area contributed by atoms with Crippen molar-refractivity contribution in [2.45, 2.75) is 38.6 Å². The largest absolute Gasteiger partial charge is 0.416 e. The van der Waals surface area contributed by atoms with Gasteiger partial charge in [-0.05, 0) is 38.5 Å². The first-order valence-electron chi connectivity index (χ1n) is 5.86. The van der Waals surface area contributed by atoms with Crippen LogP contribution in [0.15, 0.2) is 24.3 Å². The van der Waals surface area contributed by atoms with Crippen LogP contribution in [0.3, 0.4) is 0 Å². The maximum absolute atomic E-state index is 12.5. The van der Waals surface area contributed by atoms with E-state index in [9.17, 15) is 18.0 Å². The second kappa shape index (κ2) is 6.06. The van der Waals surface area contributed by atoms with E-state index in [4.69, 9.17) is 5.11 Å². The van der Waals surface area contributed by atoms with Crippen LogP contribution in [0.1, 0.15) is 36.2 Å². The van der Waals surface area contributed by atoms with Gasteiger partial charge in [-0.1, -0.05) is 6.07 Å². The molecule has 1 aromatic rings. The number of carbonyl (C=O) groups excluding carboxylic acids is 1. The van der Waals surface area contributed by atoms with E-state index in [1.54, 1.807) is 13.8 Å². The number of aliphatic hydroxyl groups excluding tert-OH is 1. The predicted octanol–water partition coefficient (Wildman–Crippen LogP) is 2.59. The zero-order valence-electron chi connectivity index (χ0n) is 10.7. The minimum absolute atomic E-state index is 0.0488. The Kier molecular flexibility index (Phi) is 4.94. The van der Waals surface area contributed by atoms with Crippen LogP contribution in [0.4, 0.5) is 13.2 Å². The summed E-state index contributed by atoms with van der Waals surface area (Å²) in [6.45, 7) is 3.26. The normalized spacial score (nSPS) is 14.8. The van der Waals surface area contributed by atoms with Gasteiger partial charge in [0.1, 0.15) is 0 Å². The van der Waals surface area contributed by atoms with Gasteiger partial charge in [-0.3, -0.25) is 4.79 Å². The summed E-state index contributed by atoms with van der Waals surface area (Å²) < 4.78 is 37.5. The van der Waals surface area contributed by atoms with Crippen LogP contribution in [0.25, 0.3) is 0 Å². The van der Waals surface area contributed by atoms with Crippen LogP contribution in [-0.4, -0.2) is 23.2 Å². The summed E-state index contributed by atoms with van der Waals surface area (Å²) in [6.07, 6.45) is -4.72. The Bertz CT molecular complexity index is 444. The third kappa shape index (κ3) is 4.90. The van der Waals surface area contributed by atoms with Gasteiger partial charge in [-0.25, -0.2) is 0 Å². The maximum Gasteiger partial charge on any atom is 0.416 e. The summed E-state index contributed by atoms with van der Waals surface area (Å²) >= 11 is 0. The van der Waals surface area contributed by atoms with Crippen molar-refractivity contribution >= 4 is 5.91 Å². The molecule has 19 heavy (non-hydrogen) atoms. The average molecular weight is 275 g/mol. The molecule has 2 N–H and O–H groups in total. The van der Waals surface area contributed by atoms with E-state index in [0.29, 0.717) is 6.42 Å². The van der Waals surface area contributed by atoms with E-state index in [-0.39, 0.29) is 11.6 Å². The summed E-state index contributed by atoms with van der Waals surface area (Å²) in [7, 11) is 0. The molecular formula is C13H16F3NO2. The van der Waals surface area contributed by atoms with Gasteiger partial charge in [-0.2, -0.15) is 13.2 Å². The zero-order valence-corrected chi connectivity index (χ0v) is 10.7. The third-order valence-electron chi connectivity index (χ3n) is 2.52. The van der Waals surface area contributed by atoms with Crippen molar-refractivity contribution in [2.24, 2.45) is 0 Å². The van der Waals surface area contributed by atoms with Crippen molar-refractivity contribution in [3.8, 4) is 0 Å². The minimum Gasteiger partial charge on any atom is -0.393 e. The standard InChI is InChI=1S/C13H16F3NO2/c1-8(6-9(2)18)17-12(19)10-4-3-5-11(7-10)13(14,15)16/h3-5,7-9,18H,6H2,1-2H3,(H,17,19). The monoisotopic (exact) mass is 275 g/mol. The van der Waals surface area contributed by atoms with Gasteiger partial charge >= 0.3 is 6.18 Å². The van der Waals surface area contributed by atoms with Gasteiger partial charge in [0.2, 0.25) is 0 Å². The van der Waals surface area contributed by atoms with E-state index in [1.165, 1.54) is 12.1 Å². The molecule has 0 radical (unpaired) electrons. The first-order valence-corrected chi connectivity index (χ1v) is 5.86. The fraction of sp³-hybridized carbons (Fsp3) is 0.462. The smallest absolute Gasteiger partial charge is 0.393 e. The van der Waals surface area contributed by atoms with Gasteiger partial charge in [0, 0.05) is 11.6 Å². The Morgan fingerprint density at radius 1 is 1.37 bits per heavy atom. The zero-order chi connectivity index (χ0) is 14.6. The molecule has 0 fully saturated rings. The van der Waals surface area contributed by atoms with Crippen molar-refractivity contribution in [3.05, 3.63) is 35.4 Å². The number of benzene rings is 1. The number of rotatable bonds is 4. The fourth-order valence-electron chi connectivity index (χ4n) is 1.71. The third-order valence-corrected chi connectivity index (χ3v) is 2.52. The Hall–Kier alpha value is -1.56. The lowest BCUT2D eigenvalue weighted by Crippen LogP contribution is -2.34. The number of aliphatic hydroxyl groups is 1. The summed E-state index contributed by atoms with van der Waals surface area (Å²) in [5.41, 5.74) is -0.907. The lowest BCUT2D eigenvalue weighted by atomic mass is 10.1. The molecule has 0 bridgehead atoms. The van der Waals surface area contributed by atoms with Gasteiger partial charge in [0.25, 0.3) is 5.91 Å². The second-order valence-corrected chi connectivity index (χ2v) is 4.54. The molecule has 0 saturated heterocycles. The molecule has 0 heterocycles. The van der Waals surface area contributed by atoms with Crippen LogP contribution >= 0.6 is 0 Å². The molecule has 3 nitrogen and oxygen atoms in total. The first-order chi connectivity index (χ1) is 8.70. The molecule has 0 spiro atoms. The predicted molar refractivity (Wildman–Crippen MR) is 64.7 cm³/mol. The molecule has 6 heteroatoms. The van der Waals surface area contributed by atoms with Crippen molar-refractivity contribution in [2.75, 3.05) is 0 Å². The highest BCUT2D eigenvalue weighted by Gasteiger charge is 2.30. The molecule has 0 aliphatic carbocycles. The summed E-state index contributed by atoms with van der Waals surface area (Å²) in [4.78, 5) is 11.8. The van der Waals surface area contributed by atoms with Crippen LogP contribution in [0.5, 0.6) is 0 Å². The van der Waals surface area contributed by atoms with Crippen molar-refractivity contribution in [3.63, 3.8) is 0 Å². The number of halogens is 3. The minimum atomic E-state index is -4.47. The van der Waals surface area contributed by atoms with E-state index < -0.39 is 23.8 Å². The van der Waals surface area contributed by atoms with Crippen LogP contribution < -0.4 is 5.32 Å². The Labute approximate surface area is 109 Å². The van der Waals surface area contributed by atoms with Gasteiger partial charge in [0.15, 0.2) is 0 Å². The number of alkyl halides is 3. The molecule has 0 aromatic heterocycles. The molecular weight excluding hydrogens is 259 g/mol. The molecule has 1 aromatic carbocycles. The average Bonchev–Trinajstić information content (AvgIpc) is 2.26. The Morgan fingerprint density at radius 2 is 2.00 bits per heavy atom. The molecule has 2 unspecified atom stereocenters. The lowest BCUT2D eigenvalue weighted by Gasteiger charge is -2.16. The van der Waals surface area contributed by atoms with E-state index in [1.807, 2.05) is 0 Å². The Balaban J connectivity index is 2.78. The lowest BCUT2D eigenvalue weighted by molar-refractivity contribution is -0.137. The van der Waals surface area contributed by atoms with E-state index in [2.05, 4.69) is 5.32 Å². The van der Waals surface area contributed by atoms with Gasteiger partial charge in [-0.15, -0.1) is 0 Å². The molecule has 0 aliphatic rings. The molecule has 0 saturated carbocycles.